The highest BCUT2D eigenvalue weighted by Gasteiger charge is 2.24. The molecule has 0 spiro atoms. The van der Waals surface area contributed by atoms with E-state index in [-0.39, 0.29) is 11.5 Å². The summed E-state index contributed by atoms with van der Waals surface area (Å²) in [6, 6.07) is 0. The molecule has 0 rings (SSSR count). The van der Waals surface area contributed by atoms with E-state index in [1.54, 1.807) is 0 Å². The first-order valence-corrected chi connectivity index (χ1v) is 6.72. The largest absolute Gasteiger partial charge is 0.393 e. The summed E-state index contributed by atoms with van der Waals surface area (Å²) in [5.41, 5.74) is 0.101. The minimum Gasteiger partial charge on any atom is -0.393 e. The summed E-state index contributed by atoms with van der Waals surface area (Å²) in [7, 11) is 0. The SMILES string of the molecule is CCCCCCCCC(O)C(C)(C)CC. The van der Waals surface area contributed by atoms with Gasteiger partial charge in [0.15, 0.2) is 0 Å². The first-order chi connectivity index (χ1) is 7.04. The van der Waals surface area contributed by atoms with Crippen LogP contribution in [-0.2, 0) is 0 Å². The molecule has 1 heteroatoms. The standard InChI is InChI=1S/C14H30O/c1-5-7-8-9-10-11-12-13(15)14(3,4)6-2/h13,15H,5-12H2,1-4H3. The average Bonchev–Trinajstić information content (AvgIpc) is 2.22. The number of unbranched alkanes of at least 4 members (excludes halogenated alkanes) is 5. The Morgan fingerprint density at radius 1 is 0.933 bits per heavy atom. The summed E-state index contributed by atoms with van der Waals surface area (Å²) in [6.45, 7) is 8.72. The van der Waals surface area contributed by atoms with Gasteiger partial charge in [0.2, 0.25) is 0 Å². The molecule has 0 aromatic rings. The Morgan fingerprint density at radius 2 is 1.47 bits per heavy atom. The number of aliphatic hydroxyl groups is 1. The molecule has 92 valence electrons. The Bertz CT molecular complexity index is 140. The zero-order valence-electron chi connectivity index (χ0n) is 11.2. The third-order valence-corrected chi connectivity index (χ3v) is 3.64. The van der Waals surface area contributed by atoms with Crippen molar-refractivity contribution >= 4 is 0 Å². The fraction of sp³-hybridized carbons (Fsp3) is 1.00. The lowest BCUT2D eigenvalue weighted by atomic mass is 9.81. The molecule has 0 saturated heterocycles. The number of rotatable bonds is 9. The molecular weight excluding hydrogens is 184 g/mol. The maximum absolute atomic E-state index is 9.98. The lowest BCUT2D eigenvalue weighted by Gasteiger charge is -2.29. The van der Waals surface area contributed by atoms with Gasteiger partial charge >= 0.3 is 0 Å². The van der Waals surface area contributed by atoms with Crippen LogP contribution in [0, 0.1) is 5.41 Å². The van der Waals surface area contributed by atoms with Crippen LogP contribution >= 0.6 is 0 Å². The van der Waals surface area contributed by atoms with Crippen molar-refractivity contribution in [3.05, 3.63) is 0 Å². The summed E-state index contributed by atoms with van der Waals surface area (Å²) in [4.78, 5) is 0. The van der Waals surface area contributed by atoms with Gasteiger partial charge in [-0.15, -0.1) is 0 Å². The van der Waals surface area contributed by atoms with E-state index in [1.165, 1.54) is 38.5 Å². The van der Waals surface area contributed by atoms with Gasteiger partial charge in [-0.3, -0.25) is 0 Å². The third-order valence-electron chi connectivity index (χ3n) is 3.64. The topological polar surface area (TPSA) is 20.2 Å². The van der Waals surface area contributed by atoms with Gasteiger partial charge < -0.3 is 5.11 Å². The quantitative estimate of drug-likeness (QED) is 0.559. The van der Waals surface area contributed by atoms with Crippen LogP contribution in [0.15, 0.2) is 0 Å². The van der Waals surface area contributed by atoms with Crippen LogP contribution in [-0.4, -0.2) is 11.2 Å². The zero-order valence-corrected chi connectivity index (χ0v) is 11.2. The summed E-state index contributed by atoms with van der Waals surface area (Å²) in [6.07, 6.45) is 9.78. The van der Waals surface area contributed by atoms with Crippen LogP contribution in [0.1, 0.15) is 79.1 Å². The van der Waals surface area contributed by atoms with Crippen molar-refractivity contribution < 1.29 is 5.11 Å². The molecule has 1 nitrogen and oxygen atoms in total. The van der Waals surface area contributed by atoms with Gasteiger partial charge in [-0.25, -0.2) is 0 Å². The maximum Gasteiger partial charge on any atom is 0.0591 e. The predicted octanol–water partition coefficient (Wildman–Crippen LogP) is 4.53. The Balaban J connectivity index is 3.43. The highest BCUT2D eigenvalue weighted by Crippen LogP contribution is 2.28. The Morgan fingerprint density at radius 3 is 2.00 bits per heavy atom. The van der Waals surface area contributed by atoms with Gasteiger partial charge in [0.1, 0.15) is 0 Å². The number of aliphatic hydroxyl groups excluding tert-OH is 1. The Hall–Kier alpha value is -0.0400. The van der Waals surface area contributed by atoms with E-state index < -0.39 is 0 Å². The summed E-state index contributed by atoms with van der Waals surface area (Å²) in [5, 5.41) is 9.98. The minimum atomic E-state index is -0.117. The molecular formula is C14H30O. The summed E-state index contributed by atoms with van der Waals surface area (Å²) < 4.78 is 0. The Kier molecular flexibility index (Phi) is 8.13. The molecule has 0 heterocycles. The molecule has 0 radical (unpaired) electrons. The zero-order chi connectivity index (χ0) is 11.7. The van der Waals surface area contributed by atoms with Crippen LogP contribution in [0.2, 0.25) is 0 Å². The first kappa shape index (κ1) is 15.0. The second-order valence-electron chi connectivity index (χ2n) is 5.41. The molecule has 0 aromatic carbocycles. The lowest BCUT2D eigenvalue weighted by Crippen LogP contribution is -2.28. The average molecular weight is 214 g/mol. The molecule has 0 saturated carbocycles. The van der Waals surface area contributed by atoms with E-state index in [0.29, 0.717) is 0 Å². The molecule has 1 unspecified atom stereocenters. The monoisotopic (exact) mass is 214 g/mol. The van der Waals surface area contributed by atoms with Gasteiger partial charge in [-0.05, 0) is 18.3 Å². The molecule has 0 aliphatic rings. The van der Waals surface area contributed by atoms with E-state index >= 15 is 0 Å². The molecule has 0 aromatic heterocycles. The minimum absolute atomic E-state index is 0.101. The molecule has 0 bridgehead atoms. The van der Waals surface area contributed by atoms with E-state index in [1.807, 2.05) is 0 Å². The van der Waals surface area contributed by atoms with Crippen molar-refractivity contribution in [3.63, 3.8) is 0 Å². The number of hydrogen-bond donors (Lipinski definition) is 1. The molecule has 15 heavy (non-hydrogen) atoms. The highest BCUT2D eigenvalue weighted by atomic mass is 16.3. The van der Waals surface area contributed by atoms with Gasteiger partial charge in [-0.1, -0.05) is 66.2 Å². The summed E-state index contributed by atoms with van der Waals surface area (Å²) in [5.74, 6) is 0. The van der Waals surface area contributed by atoms with Gasteiger partial charge in [0, 0.05) is 0 Å². The maximum atomic E-state index is 9.98. The lowest BCUT2D eigenvalue weighted by molar-refractivity contribution is 0.0384. The van der Waals surface area contributed by atoms with E-state index in [4.69, 9.17) is 0 Å². The predicted molar refractivity (Wildman–Crippen MR) is 68.1 cm³/mol. The van der Waals surface area contributed by atoms with E-state index in [9.17, 15) is 5.11 Å². The molecule has 1 N–H and O–H groups in total. The van der Waals surface area contributed by atoms with Gasteiger partial charge in [-0.2, -0.15) is 0 Å². The van der Waals surface area contributed by atoms with Crippen molar-refractivity contribution in [1.82, 2.24) is 0 Å². The normalized spacial score (nSPS) is 14.2. The van der Waals surface area contributed by atoms with Crippen LogP contribution in [0.4, 0.5) is 0 Å². The van der Waals surface area contributed by atoms with Crippen LogP contribution in [0.25, 0.3) is 0 Å². The van der Waals surface area contributed by atoms with Crippen molar-refractivity contribution in [3.8, 4) is 0 Å². The molecule has 0 aliphatic carbocycles. The first-order valence-electron chi connectivity index (χ1n) is 6.72. The van der Waals surface area contributed by atoms with E-state index in [2.05, 4.69) is 27.7 Å². The fourth-order valence-electron chi connectivity index (χ4n) is 1.74. The highest BCUT2D eigenvalue weighted by molar-refractivity contribution is 4.75. The Labute approximate surface area is 96.3 Å². The van der Waals surface area contributed by atoms with Gasteiger partial charge in [0.25, 0.3) is 0 Å². The van der Waals surface area contributed by atoms with Crippen molar-refractivity contribution in [2.24, 2.45) is 5.41 Å². The van der Waals surface area contributed by atoms with Crippen LogP contribution in [0.5, 0.6) is 0 Å². The second kappa shape index (κ2) is 8.15. The number of hydrogen-bond acceptors (Lipinski definition) is 1. The third kappa shape index (κ3) is 6.94. The van der Waals surface area contributed by atoms with Crippen molar-refractivity contribution in [2.75, 3.05) is 0 Å². The summed E-state index contributed by atoms with van der Waals surface area (Å²) >= 11 is 0. The molecule has 0 amide bonds. The van der Waals surface area contributed by atoms with Crippen LogP contribution < -0.4 is 0 Å². The fourth-order valence-corrected chi connectivity index (χ4v) is 1.74. The molecule has 0 fully saturated rings. The van der Waals surface area contributed by atoms with Crippen molar-refractivity contribution in [1.29, 1.82) is 0 Å². The second-order valence-corrected chi connectivity index (χ2v) is 5.41. The molecule has 0 aliphatic heterocycles. The van der Waals surface area contributed by atoms with Crippen molar-refractivity contribution in [2.45, 2.75) is 85.2 Å². The van der Waals surface area contributed by atoms with Crippen LogP contribution in [0.3, 0.4) is 0 Å². The molecule has 1 atom stereocenters. The smallest absolute Gasteiger partial charge is 0.0591 e. The van der Waals surface area contributed by atoms with Gasteiger partial charge in [0.05, 0.1) is 6.10 Å². The van der Waals surface area contributed by atoms with E-state index in [0.717, 1.165) is 12.8 Å².